The quantitative estimate of drug-likeness (QED) is 0.682. The number of benzene rings is 1. The monoisotopic (exact) mass is 305 g/mol. The topological polar surface area (TPSA) is 56.1 Å². The lowest BCUT2D eigenvalue weighted by Crippen LogP contribution is -2.18. The molecule has 6 heteroatoms. The van der Waals surface area contributed by atoms with Crippen molar-refractivity contribution in [3.8, 4) is 0 Å². The molecule has 1 heterocycles. The van der Waals surface area contributed by atoms with Crippen molar-refractivity contribution < 1.29 is 9.63 Å². The van der Waals surface area contributed by atoms with Gasteiger partial charge in [0.25, 0.3) is 5.91 Å². The fourth-order valence-corrected chi connectivity index (χ4v) is 2.21. The molecule has 0 aliphatic heterocycles. The van der Waals surface area contributed by atoms with Gasteiger partial charge in [-0.05, 0) is 18.6 Å². The van der Waals surface area contributed by atoms with Crippen molar-refractivity contribution in [1.82, 2.24) is 15.3 Å². The Morgan fingerprint density at radius 2 is 2.14 bits per heavy atom. The molecule has 0 fully saturated rings. The first-order valence-corrected chi connectivity index (χ1v) is 6.77. The molecule has 2 aromatic rings. The highest BCUT2D eigenvalue weighted by Gasteiger charge is 2.11. The molecule has 0 atom stereocenters. The summed E-state index contributed by atoms with van der Waals surface area (Å²) in [5, 5.41) is 4.90. The summed E-state index contributed by atoms with van der Waals surface area (Å²) >= 11 is 6.33. The van der Waals surface area contributed by atoms with Crippen LogP contribution in [0, 0.1) is 6.92 Å². The maximum absolute atomic E-state index is 11.3. The molecule has 1 N–H and O–H groups in total. The summed E-state index contributed by atoms with van der Waals surface area (Å²) in [5.74, 6) is -0.358. The summed E-state index contributed by atoms with van der Waals surface area (Å²) in [6.07, 6.45) is 2.98. The predicted molar refractivity (Wildman–Crippen MR) is 81.7 cm³/mol. The Bertz CT molecular complexity index is 650. The van der Waals surface area contributed by atoms with Crippen molar-refractivity contribution in [2.75, 3.05) is 7.11 Å². The average molecular weight is 306 g/mol. The molecule has 1 amide bonds. The van der Waals surface area contributed by atoms with Gasteiger partial charge in [-0.1, -0.05) is 41.9 Å². The molecule has 0 radical (unpaired) electrons. The SMILES string of the molecule is CONC(=O)/C=C/c1c(C)nn(Cc2ccccc2)c1Cl. The third kappa shape index (κ3) is 3.93. The minimum absolute atomic E-state index is 0.358. The number of hydrogen-bond acceptors (Lipinski definition) is 3. The van der Waals surface area contributed by atoms with Crippen LogP contribution in [-0.2, 0) is 16.2 Å². The Hall–Kier alpha value is -2.11. The van der Waals surface area contributed by atoms with E-state index in [-0.39, 0.29) is 5.91 Å². The maximum Gasteiger partial charge on any atom is 0.267 e. The minimum atomic E-state index is -0.358. The predicted octanol–water partition coefficient (Wildman–Crippen LogP) is 2.58. The summed E-state index contributed by atoms with van der Waals surface area (Å²) in [6.45, 7) is 2.43. The number of nitrogens with one attached hydrogen (secondary N) is 1. The van der Waals surface area contributed by atoms with Gasteiger partial charge in [0.2, 0.25) is 0 Å². The van der Waals surface area contributed by atoms with Crippen LogP contribution in [0.4, 0.5) is 0 Å². The molecular formula is C15H16ClN3O2. The van der Waals surface area contributed by atoms with E-state index in [1.807, 2.05) is 37.3 Å². The van der Waals surface area contributed by atoms with Crippen LogP contribution < -0.4 is 5.48 Å². The van der Waals surface area contributed by atoms with E-state index < -0.39 is 0 Å². The van der Waals surface area contributed by atoms with Crippen LogP contribution in [-0.4, -0.2) is 22.8 Å². The fraction of sp³-hybridized carbons (Fsp3) is 0.200. The van der Waals surface area contributed by atoms with E-state index in [0.29, 0.717) is 11.7 Å². The van der Waals surface area contributed by atoms with Gasteiger partial charge in [-0.15, -0.1) is 0 Å². The number of aromatic nitrogens is 2. The molecule has 0 bridgehead atoms. The second-order valence-electron chi connectivity index (χ2n) is 4.44. The lowest BCUT2D eigenvalue weighted by atomic mass is 10.2. The van der Waals surface area contributed by atoms with Crippen molar-refractivity contribution in [1.29, 1.82) is 0 Å². The van der Waals surface area contributed by atoms with Crippen molar-refractivity contribution in [3.63, 3.8) is 0 Å². The molecule has 0 aliphatic carbocycles. The van der Waals surface area contributed by atoms with Crippen LogP contribution in [0.3, 0.4) is 0 Å². The Morgan fingerprint density at radius 1 is 1.43 bits per heavy atom. The van der Waals surface area contributed by atoms with Gasteiger partial charge in [0, 0.05) is 11.6 Å². The summed E-state index contributed by atoms with van der Waals surface area (Å²) in [7, 11) is 1.38. The number of hydroxylamine groups is 1. The Kier molecular flexibility index (Phi) is 5.14. The van der Waals surface area contributed by atoms with E-state index in [9.17, 15) is 4.79 Å². The van der Waals surface area contributed by atoms with Crippen LogP contribution in [0.5, 0.6) is 0 Å². The Balaban J connectivity index is 2.19. The van der Waals surface area contributed by atoms with Crippen LogP contribution in [0.2, 0.25) is 5.15 Å². The molecule has 0 spiro atoms. The molecule has 21 heavy (non-hydrogen) atoms. The van der Waals surface area contributed by atoms with Gasteiger partial charge in [-0.3, -0.25) is 9.63 Å². The van der Waals surface area contributed by atoms with Gasteiger partial charge in [0.15, 0.2) is 0 Å². The van der Waals surface area contributed by atoms with Gasteiger partial charge < -0.3 is 0 Å². The fourth-order valence-electron chi connectivity index (χ4n) is 1.91. The molecule has 0 unspecified atom stereocenters. The summed E-state index contributed by atoms with van der Waals surface area (Å²) in [5.41, 5.74) is 4.79. The van der Waals surface area contributed by atoms with Gasteiger partial charge in [0.05, 0.1) is 19.3 Å². The molecule has 110 valence electrons. The number of rotatable bonds is 5. The number of amides is 1. The summed E-state index contributed by atoms with van der Waals surface area (Å²) < 4.78 is 1.71. The molecule has 1 aromatic carbocycles. The first kappa shape index (κ1) is 15.3. The first-order chi connectivity index (χ1) is 10.1. The number of aryl methyl sites for hydroxylation is 1. The number of nitrogens with zero attached hydrogens (tertiary/aromatic N) is 2. The van der Waals surface area contributed by atoms with Crippen molar-refractivity contribution in [2.24, 2.45) is 0 Å². The largest absolute Gasteiger partial charge is 0.277 e. The Morgan fingerprint density at radius 3 is 2.81 bits per heavy atom. The third-order valence-electron chi connectivity index (χ3n) is 2.89. The van der Waals surface area contributed by atoms with E-state index in [0.717, 1.165) is 16.8 Å². The number of hydrogen-bond donors (Lipinski definition) is 1. The first-order valence-electron chi connectivity index (χ1n) is 6.39. The van der Waals surface area contributed by atoms with E-state index in [2.05, 4.69) is 15.4 Å². The lowest BCUT2D eigenvalue weighted by molar-refractivity contribution is -0.126. The van der Waals surface area contributed by atoms with Gasteiger partial charge in [-0.25, -0.2) is 10.2 Å². The van der Waals surface area contributed by atoms with Crippen molar-refractivity contribution in [2.45, 2.75) is 13.5 Å². The zero-order chi connectivity index (χ0) is 15.2. The van der Waals surface area contributed by atoms with Crippen LogP contribution in [0.15, 0.2) is 36.4 Å². The molecule has 2 rings (SSSR count). The van der Waals surface area contributed by atoms with Gasteiger partial charge in [0.1, 0.15) is 5.15 Å². The zero-order valence-corrected chi connectivity index (χ0v) is 12.6. The van der Waals surface area contributed by atoms with Crippen LogP contribution in [0.25, 0.3) is 6.08 Å². The second kappa shape index (κ2) is 7.06. The lowest BCUT2D eigenvalue weighted by Gasteiger charge is -2.03. The smallest absolute Gasteiger partial charge is 0.267 e. The van der Waals surface area contributed by atoms with Crippen molar-refractivity contribution in [3.05, 3.63) is 58.4 Å². The van der Waals surface area contributed by atoms with E-state index in [1.54, 1.807) is 10.8 Å². The normalized spacial score (nSPS) is 11.0. The second-order valence-corrected chi connectivity index (χ2v) is 4.79. The minimum Gasteiger partial charge on any atom is -0.277 e. The molecule has 1 aromatic heterocycles. The zero-order valence-electron chi connectivity index (χ0n) is 11.8. The molecule has 0 saturated heterocycles. The summed E-state index contributed by atoms with van der Waals surface area (Å²) in [4.78, 5) is 15.9. The third-order valence-corrected chi connectivity index (χ3v) is 3.29. The van der Waals surface area contributed by atoms with E-state index in [4.69, 9.17) is 11.6 Å². The number of halogens is 1. The average Bonchev–Trinajstić information content (AvgIpc) is 2.73. The van der Waals surface area contributed by atoms with Crippen LogP contribution in [0.1, 0.15) is 16.8 Å². The number of carbonyl (C=O) groups excluding carboxylic acids is 1. The molecular weight excluding hydrogens is 290 g/mol. The van der Waals surface area contributed by atoms with Crippen molar-refractivity contribution >= 4 is 23.6 Å². The highest BCUT2D eigenvalue weighted by atomic mass is 35.5. The maximum atomic E-state index is 11.3. The molecule has 5 nitrogen and oxygen atoms in total. The molecule has 0 aliphatic rings. The highest BCUT2D eigenvalue weighted by Crippen LogP contribution is 2.22. The van der Waals surface area contributed by atoms with Gasteiger partial charge in [-0.2, -0.15) is 5.10 Å². The molecule has 0 saturated carbocycles. The van der Waals surface area contributed by atoms with Crippen LogP contribution >= 0.6 is 11.6 Å². The highest BCUT2D eigenvalue weighted by molar-refractivity contribution is 6.31. The van der Waals surface area contributed by atoms with Gasteiger partial charge >= 0.3 is 0 Å². The number of carbonyl (C=O) groups is 1. The van der Waals surface area contributed by atoms with E-state index in [1.165, 1.54) is 13.2 Å². The summed E-state index contributed by atoms with van der Waals surface area (Å²) in [6, 6.07) is 9.91. The standard InChI is InChI=1S/C15H16ClN3O2/c1-11-13(8-9-14(20)18-21-2)15(16)19(17-11)10-12-6-4-3-5-7-12/h3-9H,10H2,1-2H3,(H,18,20)/b9-8+. The van der Waals surface area contributed by atoms with E-state index >= 15 is 0 Å². The Labute approximate surface area is 128 Å².